The van der Waals surface area contributed by atoms with E-state index in [1.54, 1.807) is 0 Å². The van der Waals surface area contributed by atoms with Gasteiger partial charge in [-0.3, -0.25) is 32.5 Å². The van der Waals surface area contributed by atoms with Crippen LogP contribution < -0.4 is 0 Å². The van der Waals surface area contributed by atoms with Crippen molar-refractivity contribution in [1.29, 1.82) is 0 Å². The standard InChI is InChI=1S/C83H140O16P2/c1-4-7-10-13-16-19-22-25-28-30-31-32-33-34-35-36-37-38-39-40-41-42-43-44-45-47-50-51-54-57-60-63-66-69-81(86)93-72-78(84)73-95-100(89,90)96-74-79(85)75-97-101(91,92)98-77-80(99-83(88)71-68-65-62-59-56-53-48-27-24-21-18-15-12-9-6-3)76-94-82(87)70-67-64-61-58-55-52-49-46-29-26-23-20-17-14-11-8-5-2/h7-8,10-11,16-21,25-29,31-32,34-35,37-38,48-49,52,78-80,84-85H,4-6,9,12-15,22-24,30,33,36,39-47,50-51,53-77H2,1-3H3,(H,89,90)(H,91,92)/b10-7-,11-8-,19-16-,20-17-,21-18-,28-25-,29-26-,32-31-,35-34-,38-37-,48-27-,52-49-. The van der Waals surface area contributed by atoms with E-state index in [2.05, 4.69) is 167 Å². The molecule has 101 heavy (non-hydrogen) atoms. The fourth-order valence-corrected chi connectivity index (χ4v) is 11.7. The van der Waals surface area contributed by atoms with E-state index in [1.807, 2.05) is 0 Å². The van der Waals surface area contributed by atoms with Crippen molar-refractivity contribution in [3.8, 4) is 0 Å². The van der Waals surface area contributed by atoms with Crippen LogP contribution in [0, 0.1) is 0 Å². The molecule has 0 amide bonds. The average Bonchev–Trinajstić information content (AvgIpc) is 1.12. The highest BCUT2D eigenvalue weighted by molar-refractivity contribution is 7.47. The predicted octanol–water partition coefficient (Wildman–Crippen LogP) is 22.9. The number of ether oxygens (including phenoxy) is 3. The van der Waals surface area contributed by atoms with Crippen molar-refractivity contribution in [3.05, 3.63) is 146 Å². The topological polar surface area (TPSA) is 231 Å². The maximum atomic E-state index is 12.9. The quantitative estimate of drug-likeness (QED) is 0.0146. The number of hydrogen-bond acceptors (Lipinski definition) is 14. The van der Waals surface area contributed by atoms with Gasteiger partial charge in [0.15, 0.2) is 6.10 Å². The Hall–Kier alpha value is -4.57. The lowest BCUT2D eigenvalue weighted by Gasteiger charge is -2.21. The average molecular weight is 1460 g/mol. The van der Waals surface area contributed by atoms with Crippen molar-refractivity contribution in [1.82, 2.24) is 0 Å². The summed E-state index contributed by atoms with van der Waals surface area (Å²) in [7, 11) is -9.80. The maximum Gasteiger partial charge on any atom is 0.472 e. The van der Waals surface area contributed by atoms with Crippen LogP contribution >= 0.6 is 15.6 Å². The molecule has 0 fully saturated rings. The SMILES string of the molecule is CC/C=C\C/C=C\C/C=C\C/C=C\C/C=C\C/C=C\CCCCCCCCCCCCCCCCC(=O)OCC(O)COP(=O)(O)OCC(O)COP(=O)(O)OCC(COC(=O)CCCCCC/C=C\C/C=C\C/C=C\C/C=C\CC)OC(=O)CCCCCCC/C=C\C/C=C\CCCCC. The molecule has 0 spiro atoms. The predicted molar refractivity (Wildman–Crippen MR) is 417 cm³/mol. The third kappa shape index (κ3) is 76.4. The van der Waals surface area contributed by atoms with Crippen LogP contribution in [0.1, 0.15) is 303 Å². The second kappa shape index (κ2) is 75.1. The number of esters is 3. The molecule has 0 heterocycles. The first-order chi connectivity index (χ1) is 49.2. The van der Waals surface area contributed by atoms with E-state index in [4.69, 9.17) is 32.3 Å². The number of carbonyl (C=O) groups excluding carboxylic acids is 3. The summed E-state index contributed by atoms with van der Waals surface area (Å²) < 4.78 is 61.0. The summed E-state index contributed by atoms with van der Waals surface area (Å²) in [4.78, 5) is 58.6. The molecular weight excluding hydrogens is 1310 g/mol. The zero-order valence-corrected chi connectivity index (χ0v) is 64.8. The molecule has 0 rings (SSSR count). The molecule has 5 unspecified atom stereocenters. The van der Waals surface area contributed by atoms with Gasteiger partial charge in [-0.25, -0.2) is 9.13 Å². The van der Waals surface area contributed by atoms with Crippen molar-refractivity contribution in [3.63, 3.8) is 0 Å². The van der Waals surface area contributed by atoms with Crippen molar-refractivity contribution >= 4 is 33.6 Å². The van der Waals surface area contributed by atoms with Gasteiger partial charge in [0.05, 0.1) is 26.4 Å². The van der Waals surface area contributed by atoms with Crippen LogP contribution in [0.3, 0.4) is 0 Å². The lowest BCUT2D eigenvalue weighted by molar-refractivity contribution is -0.161. The van der Waals surface area contributed by atoms with Crippen molar-refractivity contribution < 1.29 is 75.8 Å². The minimum atomic E-state index is -4.94. The molecule has 0 aromatic carbocycles. The number of aliphatic hydroxyl groups is 2. The summed E-state index contributed by atoms with van der Waals surface area (Å²) in [5.74, 6) is -1.62. The number of unbranched alkanes of at least 4 members (excludes halogenated alkanes) is 26. The van der Waals surface area contributed by atoms with E-state index >= 15 is 0 Å². The van der Waals surface area contributed by atoms with Crippen LogP contribution in [0.15, 0.2) is 146 Å². The van der Waals surface area contributed by atoms with Gasteiger partial charge in [-0.05, 0) is 141 Å². The Bertz CT molecular complexity index is 2420. The molecule has 0 aliphatic rings. The van der Waals surface area contributed by atoms with Gasteiger partial charge in [0, 0.05) is 19.3 Å². The molecule has 0 radical (unpaired) electrons. The number of phosphoric acid groups is 2. The fraction of sp³-hybridized carbons (Fsp3) is 0.675. The van der Waals surface area contributed by atoms with E-state index < -0.39 is 91.5 Å². The molecule has 578 valence electrons. The number of carbonyl (C=O) groups is 3. The lowest BCUT2D eigenvalue weighted by Crippen LogP contribution is -2.30. The van der Waals surface area contributed by atoms with E-state index in [0.717, 1.165) is 161 Å². The minimum Gasteiger partial charge on any atom is -0.463 e. The Morgan fingerprint density at radius 1 is 0.287 bits per heavy atom. The molecule has 0 aliphatic carbocycles. The second-order valence-corrected chi connectivity index (χ2v) is 28.7. The van der Waals surface area contributed by atoms with Crippen LogP contribution in [0.5, 0.6) is 0 Å². The van der Waals surface area contributed by atoms with Crippen LogP contribution in [0.2, 0.25) is 0 Å². The summed E-state index contributed by atoms with van der Waals surface area (Å²) >= 11 is 0. The summed E-state index contributed by atoms with van der Waals surface area (Å²) in [5.41, 5.74) is 0. The molecular formula is C83H140O16P2. The van der Waals surface area contributed by atoms with Crippen molar-refractivity contribution in [2.45, 2.75) is 322 Å². The summed E-state index contributed by atoms with van der Waals surface area (Å²) in [6.45, 7) is 2.38. The van der Waals surface area contributed by atoms with Crippen molar-refractivity contribution in [2.24, 2.45) is 0 Å². The largest absolute Gasteiger partial charge is 0.472 e. The third-order valence-corrected chi connectivity index (χ3v) is 17.9. The molecule has 0 aliphatic heterocycles. The molecule has 0 aromatic rings. The normalized spacial score (nSPS) is 14.8. The summed E-state index contributed by atoms with van der Waals surface area (Å²) in [6.07, 6.45) is 91.9. The van der Waals surface area contributed by atoms with Crippen molar-refractivity contribution in [2.75, 3.05) is 39.6 Å². The Morgan fingerprint density at radius 3 is 0.832 bits per heavy atom. The monoisotopic (exact) mass is 1450 g/mol. The Labute approximate surface area is 613 Å². The van der Waals surface area contributed by atoms with E-state index in [0.29, 0.717) is 19.3 Å². The number of allylic oxidation sites excluding steroid dienone is 24. The van der Waals surface area contributed by atoms with Gasteiger partial charge in [-0.1, -0.05) is 289 Å². The smallest absolute Gasteiger partial charge is 0.463 e. The molecule has 18 heteroatoms. The summed E-state index contributed by atoms with van der Waals surface area (Å²) in [5, 5.41) is 20.6. The first kappa shape index (κ1) is 96.4. The lowest BCUT2D eigenvalue weighted by atomic mass is 10.0. The highest BCUT2D eigenvalue weighted by atomic mass is 31.2. The zero-order chi connectivity index (χ0) is 73.7. The van der Waals surface area contributed by atoms with E-state index in [9.17, 15) is 43.5 Å². The highest BCUT2D eigenvalue weighted by Crippen LogP contribution is 2.45. The Balaban J connectivity index is 4.46. The van der Waals surface area contributed by atoms with Gasteiger partial charge in [0.2, 0.25) is 0 Å². The molecule has 0 saturated heterocycles. The Kier molecular flexibility index (Phi) is 71.7. The maximum absolute atomic E-state index is 12.9. The fourth-order valence-electron chi connectivity index (χ4n) is 10.1. The number of phosphoric ester groups is 2. The van der Waals surface area contributed by atoms with E-state index in [-0.39, 0.29) is 19.3 Å². The third-order valence-electron chi connectivity index (χ3n) is 16.0. The van der Waals surface area contributed by atoms with Gasteiger partial charge in [-0.2, -0.15) is 0 Å². The van der Waals surface area contributed by atoms with Crippen LogP contribution in [-0.4, -0.2) is 95.9 Å². The zero-order valence-electron chi connectivity index (χ0n) is 63.0. The first-order valence-corrected chi connectivity index (χ1v) is 42.1. The van der Waals surface area contributed by atoms with Gasteiger partial charge in [0.1, 0.15) is 25.4 Å². The van der Waals surface area contributed by atoms with Gasteiger partial charge in [-0.15, -0.1) is 0 Å². The Morgan fingerprint density at radius 2 is 0.525 bits per heavy atom. The number of hydrogen-bond donors (Lipinski definition) is 4. The molecule has 4 N–H and O–H groups in total. The van der Waals surface area contributed by atoms with Crippen LogP contribution in [0.4, 0.5) is 0 Å². The van der Waals surface area contributed by atoms with Gasteiger partial charge < -0.3 is 34.2 Å². The van der Waals surface area contributed by atoms with E-state index in [1.165, 1.54) is 83.5 Å². The summed E-state index contributed by atoms with van der Waals surface area (Å²) in [6, 6.07) is 0. The molecule has 0 bridgehead atoms. The van der Waals surface area contributed by atoms with Crippen LogP contribution in [-0.2, 0) is 55.8 Å². The number of rotatable bonds is 73. The first-order valence-electron chi connectivity index (χ1n) is 39.1. The molecule has 0 saturated carbocycles. The van der Waals surface area contributed by atoms with Crippen LogP contribution in [0.25, 0.3) is 0 Å². The van der Waals surface area contributed by atoms with Gasteiger partial charge >= 0.3 is 33.6 Å². The highest BCUT2D eigenvalue weighted by Gasteiger charge is 2.29. The second-order valence-electron chi connectivity index (χ2n) is 25.7. The molecule has 16 nitrogen and oxygen atoms in total. The van der Waals surface area contributed by atoms with Gasteiger partial charge in [0.25, 0.3) is 0 Å². The minimum absolute atomic E-state index is 0.0801. The molecule has 5 atom stereocenters. The molecule has 0 aromatic heterocycles. The number of aliphatic hydroxyl groups excluding tert-OH is 2.